The maximum Gasteiger partial charge on any atom is 0.353 e. The van der Waals surface area contributed by atoms with Gasteiger partial charge in [0.05, 0.1) is 12.0 Å². The minimum atomic E-state index is -1.54. The van der Waals surface area contributed by atoms with Crippen molar-refractivity contribution in [3.8, 4) is 5.75 Å². The number of benzene rings is 1. The molecule has 7 N–H and O–H groups in total. The lowest BCUT2D eigenvalue weighted by atomic mass is 10.1. The Hall–Kier alpha value is -3.84. The Morgan fingerprint density at radius 1 is 1.21 bits per heavy atom. The first-order valence-corrected chi connectivity index (χ1v) is 10.8. The summed E-state index contributed by atoms with van der Waals surface area (Å²) in [7, 11) is 0. The molecule has 180 valence electrons. The number of carboxylic acids is 2. The summed E-state index contributed by atoms with van der Waals surface area (Å²) in [4.78, 5) is 47.7. The van der Waals surface area contributed by atoms with E-state index in [0.29, 0.717) is 17.7 Å². The van der Waals surface area contributed by atoms with E-state index in [1.807, 2.05) is 0 Å². The third-order valence-corrected chi connectivity index (χ3v) is 6.14. The van der Waals surface area contributed by atoms with Gasteiger partial charge in [0.1, 0.15) is 16.8 Å². The van der Waals surface area contributed by atoms with Crippen molar-refractivity contribution in [2.24, 2.45) is 5.73 Å². The Kier molecular flexibility index (Phi) is 7.27. The Morgan fingerprint density at radius 2 is 1.91 bits per heavy atom. The summed E-state index contributed by atoms with van der Waals surface area (Å²) < 4.78 is 19.2. The molecule has 1 amide bonds. The minimum absolute atomic E-state index is 0.150. The smallest absolute Gasteiger partial charge is 0.353 e. The average Bonchev–Trinajstić information content (AvgIpc) is 3.41. The molecule has 0 spiro atoms. The molecule has 1 aliphatic carbocycles. The number of thiophene rings is 1. The molecule has 1 saturated carbocycles. The van der Waals surface area contributed by atoms with E-state index in [1.54, 1.807) is 6.07 Å². The van der Waals surface area contributed by atoms with Crippen LogP contribution in [-0.4, -0.2) is 51.4 Å². The van der Waals surface area contributed by atoms with Gasteiger partial charge in [-0.2, -0.15) is 0 Å². The van der Waals surface area contributed by atoms with Crippen molar-refractivity contribution in [1.82, 2.24) is 10.6 Å². The summed E-state index contributed by atoms with van der Waals surface area (Å²) in [6, 6.07) is 5.10. The molecule has 1 aliphatic rings. The van der Waals surface area contributed by atoms with Crippen molar-refractivity contribution < 1.29 is 38.5 Å². The molecule has 3 rings (SSSR count). The van der Waals surface area contributed by atoms with Crippen LogP contribution in [-0.2, 0) is 20.9 Å². The zero-order valence-corrected chi connectivity index (χ0v) is 18.4. The summed E-state index contributed by atoms with van der Waals surface area (Å²) in [5.41, 5.74) is 4.43. The van der Waals surface area contributed by atoms with Crippen LogP contribution >= 0.6 is 11.3 Å². The first kappa shape index (κ1) is 24.8. The van der Waals surface area contributed by atoms with Crippen molar-refractivity contribution >= 4 is 41.0 Å². The lowest BCUT2D eigenvalue weighted by Gasteiger charge is -2.19. The molecule has 0 saturated heterocycles. The highest BCUT2D eigenvalue weighted by Crippen LogP contribution is 2.36. The Bertz CT molecular complexity index is 1160. The van der Waals surface area contributed by atoms with Gasteiger partial charge in [0.15, 0.2) is 11.6 Å². The molecule has 1 fully saturated rings. The molecule has 1 atom stereocenters. The number of carboxylic acid groups (broad SMARTS) is 2. The summed E-state index contributed by atoms with van der Waals surface area (Å²) in [5, 5.41) is 30.5. The largest absolute Gasteiger partial charge is 0.481 e. The van der Waals surface area contributed by atoms with Crippen LogP contribution in [0.1, 0.15) is 39.4 Å². The van der Waals surface area contributed by atoms with Gasteiger partial charge in [-0.15, -0.1) is 11.3 Å². The van der Waals surface area contributed by atoms with Gasteiger partial charge in [-0.25, -0.2) is 14.0 Å². The van der Waals surface area contributed by atoms with Crippen LogP contribution in [0.25, 0.3) is 0 Å². The van der Waals surface area contributed by atoms with E-state index in [-0.39, 0.29) is 28.6 Å². The fourth-order valence-electron chi connectivity index (χ4n) is 3.02. The van der Waals surface area contributed by atoms with Crippen LogP contribution < -0.4 is 21.1 Å². The van der Waals surface area contributed by atoms with E-state index < -0.39 is 47.6 Å². The third kappa shape index (κ3) is 5.94. The lowest BCUT2D eigenvalue weighted by Crippen LogP contribution is -2.52. The number of hydrogen-bond donors (Lipinski definition) is 6. The second-order valence-electron chi connectivity index (χ2n) is 7.61. The number of esters is 1. The number of aliphatic carboxylic acids is 2. The number of rotatable bonds is 11. The number of carbonyl (C=O) groups excluding carboxylic acids is 2. The zero-order chi connectivity index (χ0) is 25.0. The van der Waals surface area contributed by atoms with Gasteiger partial charge >= 0.3 is 17.9 Å². The number of nitrogens with two attached hydrogens (primary N) is 1. The molecule has 34 heavy (non-hydrogen) atoms. The second kappa shape index (κ2) is 9.97. The lowest BCUT2D eigenvalue weighted by molar-refractivity contribution is -0.147. The molecule has 1 aromatic heterocycles. The summed E-state index contributed by atoms with van der Waals surface area (Å²) in [5.74, 6) is -5.67. The zero-order valence-electron chi connectivity index (χ0n) is 17.6. The predicted molar refractivity (Wildman–Crippen MR) is 117 cm³/mol. The highest BCUT2D eigenvalue weighted by Gasteiger charge is 2.50. The molecule has 1 aromatic carbocycles. The Balaban J connectivity index is 1.58. The quantitative estimate of drug-likeness (QED) is 0.115. The van der Waals surface area contributed by atoms with E-state index in [9.17, 15) is 23.6 Å². The highest BCUT2D eigenvalue weighted by molar-refractivity contribution is 7.13. The molecule has 0 radical (unpaired) electrons. The van der Waals surface area contributed by atoms with Gasteiger partial charge in [0.25, 0.3) is 0 Å². The fourth-order valence-corrected chi connectivity index (χ4v) is 3.84. The number of carbonyl (C=O) groups is 4. The van der Waals surface area contributed by atoms with Crippen LogP contribution in [0.5, 0.6) is 5.75 Å². The van der Waals surface area contributed by atoms with E-state index in [0.717, 1.165) is 17.4 Å². The van der Waals surface area contributed by atoms with E-state index in [2.05, 4.69) is 10.6 Å². The molecular formula is C21H21FN4O7S. The van der Waals surface area contributed by atoms with Gasteiger partial charge in [0, 0.05) is 17.0 Å². The fraction of sp³-hybridized carbons (Fsp3) is 0.286. The van der Waals surface area contributed by atoms with Crippen LogP contribution in [0.3, 0.4) is 0 Å². The summed E-state index contributed by atoms with van der Waals surface area (Å²) in [6.07, 6.45) is 0.133. The molecular weight excluding hydrogens is 471 g/mol. The average molecular weight is 492 g/mol. The second-order valence-corrected chi connectivity index (χ2v) is 8.78. The number of halogens is 1. The van der Waals surface area contributed by atoms with Gasteiger partial charge in [-0.05, 0) is 43.2 Å². The number of ether oxygens (including phenoxy) is 1. The molecule has 0 unspecified atom stereocenters. The molecule has 13 heteroatoms. The van der Waals surface area contributed by atoms with Crippen LogP contribution in [0, 0.1) is 11.2 Å². The first-order valence-electron chi connectivity index (χ1n) is 9.96. The molecule has 11 nitrogen and oxygen atoms in total. The summed E-state index contributed by atoms with van der Waals surface area (Å²) in [6.45, 7) is 0.184. The van der Waals surface area contributed by atoms with Crippen molar-refractivity contribution in [1.29, 1.82) is 5.41 Å². The van der Waals surface area contributed by atoms with Gasteiger partial charge in [0.2, 0.25) is 5.91 Å². The van der Waals surface area contributed by atoms with Crippen LogP contribution in [0.4, 0.5) is 4.39 Å². The predicted octanol–water partition coefficient (Wildman–Crippen LogP) is 1.06. The van der Waals surface area contributed by atoms with Gasteiger partial charge in [-0.1, -0.05) is 0 Å². The Morgan fingerprint density at radius 3 is 2.47 bits per heavy atom. The first-order chi connectivity index (χ1) is 16.0. The van der Waals surface area contributed by atoms with E-state index in [4.69, 9.17) is 26.1 Å². The molecule has 2 aromatic rings. The molecule has 1 heterocycles. The van der Waals surface area contributed by atoms with Gasteiger partial charge < -0.3 is 26.0 Å². The van der Waals surface area contributed by atoms with E-state index >= 15 is 0 Å². The standard InChI is InChI=1S/C21H21FN4O7S/c22-12-7-10(17(23)24)1-3-14(12)33-19(31)15-4-2-11(34-15)9-25-21(5-6-21)20(32)26-13(18(29)30)8-16(27)28/h1-4,7,13,25H,5-6,8-9H2,(H3,23,24)(H,26,32)(H,27,28)(H,29,30)/t13-/m0/s1. The monoisotopic (exact) mass is 492 g/mol. The third-order valence-electron chi connectivity index (χ3n) is 5.08. The number of amidine groups is 1. The normalized spacial score (nSPS) is 14.6. The van der Waals surface area contributed by atoms with Crippen molar-refractivity contribution in [2.75, 3.05) is 0 Å². The van der Waals surface area contributed by atoms with Crippen LogP contribution in [0.2, 0.25) is 0 Å². The topological polar surface area (TPSA) is 192 Å². The number of nitrogens with one attached hydrogen (secondary N) is 3. The van der Waals surface area contributed by atoms with Crippen LogP contribution in [0.15, 0.2) is 30.3 Å². The maximum atomic E-state index is 14.1. The number of amides is 1. The Labute approximate surface area is 196 Å². The van der Waals surface area contributed by atoms with Gasteiger partial charge in [-0.3, -0.25) is 20.3 Å². The maximum absolute atomic E-state index is 14.1. The minimum Gasteiger partial charge on any atom is -0.481 e. The van der Waals surface area contributed by atoms with Crippen molar-refractivity contribution in [3.63, 3.8) is 0 Å². The highest BCUT2D eigenvalue weighted by atomic mass is 32.1. The number of nitrogen functional groups attached to an aromatic ring is 1. The SMILES string of the molecule is N=C(N)c1ccc(OC(=O)c2ccc(CNC3(C(=O)N[C@@H](CC(=O)O)C(=O)O)CC3)s2)c(F)c1. The summed E-state index contributed by atoms with van der Waals surface area (Å²) >= 11 is 1.06. The molecule has 0 bridgehead atoms. The van der Waals surface area contributed by atoms with E-state index in [1.165, 1.54) is 18.2 Å². The van der Waals surface area contributed by atoms with Crippen molar-refractivity contribution in [2.45, 2.75) is 37.4 Å². The number of hydrogen-bond acceptors (Lipinski definition) is 8. The van der Waals surface area contributed by atoms with Crippen molar-refractivity contribution in [3.05, 3.63) is 51.5 Å². The molecule has 0 aliphatic heterocycles.